The van der Waals surface area contributed by atoms with Crippen molar-refractivity contribution in [1.29, 1.82) is 0 Å². The molecule has 0 saturated heterocycles. The van der Waals surface area contributed by atoms with E-state index in [4.69, 9.17) is 4.74 Å². The first-order chi connectivity index (χ1) is 10.3. The second-order valence-corrected chi connectivity index (χ2v) is 6.91. The number of carbonyl (C=O) groups is 1. The minimum atomic E-state index is 0.188. The van der Waals surface area contributed by atoms with Crippen LogP contribution in [0.5, 0.6) is 5.75 Å². The van der Waals surface area contributed by atoms with E-state index in [0.717, 1.165) is 5.56 Å². The number of hydrogen-bond donors (Lipinski definition) is 0. The molecule has 22 heavy (non-hydrogen) atoms. The number of methoxy groups -OCH3 is 1. The zero-order chi connectivity index (χ0) is 16.9. The third kappa shape index (κ3) is 4.59. The van der Waals surface area contributed by atoms with Crippen molar-refractivity contribution in [3.63, 3.8) is 0 Å². The molecule has 1 aromatic carbocycles. The van der Waals surface area contributed by atoms with Gasteiger partial charge >= 0.3 is 0 Å². The van der Waals surface area contributed by atoms with Crippen molar-refractivity contribution in [2.24, 2.45) is 23.7 Å². The Bertz CT molecular complexity index is 492. The monoisotopic (exact) mass is 304 g/mol. The molecule has 0 N–H and O–H groups in total. The van der Waals surface area contributed by atoms with E-state index in [1.165, 1.54) is 6.42 Å². The van der Waals surface area contributed by atoms with Gasteiger partial charge in [0.1, 0.15) is 5.75 Å². The molecular formula is C20H32O2. The Morgan fingerprint density at radius 1 is 1.09 bits per heavy atom. The first-order valence-electron chi connectivity index (χ1n) is 8.49. The van der Waals surface area contributed by atoms with E-state index in [9.17, 15) is 4.79 Å². The van der Waals surface area contributed by atoms with Crippen LogP contribution in [0.25, 0.3) is 0 Å². The topological polar surface area (TPSA) is 26.3 Å². The molecule has 1 aromatic rings. The highest BCUT2D eigenvalue weighted by atomic mass is 16.5. The Balaban J connectivity index is 2.80. The zero-order valence-corrected chi connectivity index (χ0v) is 15.3. The second kappa shape index (κ2) is 8.36. The highest BCUT2D eigenvalue weighted by Gasteiger charge is 2.25. The van der Waals surface area contributed by atoms with Gasteiger partial charge in [-0.05, 0) is 48.3 Å². The first kappa shape index (κ1) is 18.7. The van der Waals surface area contributed by atoms with Crippen molar-refractivity contribution in [1.82, 2.24) is 0 Å². The summed E-state index contributed by atoms with van der Waals surface area (Å²) in [6, 6.07) is 5.81. The molecule has 0 fully saturated rings. The van der Waals surface area contributed by atoms with Crippen LogP contribution >= 0.6 is 0 Å². The number of hydrogen-bond acceptors (Lipinski definition) is 2. The average Bonchev–Trinajstić information content (AvgIpc) is 2.51. The van der Waals surface area contributed by atoms with Gasteiger partial charge in [0.25, 0.3) is 0 Å². The van der Waals surface area contributed by atoms with Gasteiger partial charge < -0.3 is 4.74 Å². The Kier molecular flexibility index (Phi) is 7.12. The van der Waals surface area contributed by atoms with Crippen molar-refractivity contribution in [2.45, 2.75) is 54.4 Å². The van der Waals surface area contributed by atoms with E-state index < -0.39 is 0 Å². The quantitative estimate of drug-likeness (QED) is 0.590. The standard InChI is InChI=1S/C20H32O2/c1-8-14(3)16(5)17(6)15(4)12-19(21)18-10-9-13(2)11-20(18)22-7/h9-11,14-17H,8,12H2,1-7H3. The lowest BCUT2D eigenvalue weighted by molar-refractivity contribution is 0.0927. The highest BCUT2D eigenvalue weighted by Crippen LogP contribution is 2.32. The molecule has 0 aliphatic rings. The number of rotatable bonds is 8. The van der Waals surface area contributed by atoms with Gasteiger partial charge in [0.15, 0.2) is 5.78 Å². The fourth-order valence-corrected chi connectivity index (χ4v) is 3.03. The molecule has 0 aliphatic carbocycles. The summed E-state index contributed by atoms with van der Waals surface area (Å²) in [6.45, 7) is 13.3. The molecule has 124 valence electrons. The van der Waals surface area contributed by atoms with Crippen LogP contribution in [0.2, 0.25) is 0 Å². The molecule has 0 bridgehead atoms. The Labute approximate surface area is 136 Å². The maximum atomic E-state index is 12.6. The van der Waals surface area contributed by atoms with E-state index in [1.54, 1.807) is 7.11 Å². The van der Waals surface area contributed by atoms with Crippen LogP contribution in [0.3, 0.4) is 0 Å². The fraction of sp³-hybridized carbons (Fsp3) is 0.650. The van der Waals surface area contributed by atoms with Gasteiger partial charge in [-0.1, -0.05) is 47.1 Å². The van der Waals surface area contributed by atoms with Crippen molar-refractivity contribution in [3.05, 3.63) is 29.3 Å². The average molecular weight is 304 g/mol. The minimum Gasteiger partial charge on any atom is -0.496 e. The number of ether oxygens (including phenoxy) is 1. The molecule has 1 rings (SSSR count). The third-order valence-electron chi connectivity index (χ3n) is 5.43. The van der Waals surface area contributed by atoms with Gasteiger partial charge in [-0.3, -0.25) is 4.79 Å². The normalized spacial score (nSPS) is 16.7. The summed E-state index contributed by atoms with van der Waals surface area (Å²) >= 11 is 0. The van der Waals surface area contributed by atoms with E-state index >= 15 is 0 Å². The van der Waals surface area contributed by atoms with Gasteiger partial charge in [0.05, 0.1) is 12.7 Å². The van der Waals surface area contributed by atoms with E-state index in [1.807, 2.05) is 25.1 Å². The minimum absolute atomic E-state index is 0.188. The predicted molar refractivity (Wildman–Crippen MR) is 93.6 cm³/mol. The summed E-state index contributed by atoms with van der Waals surface area (Å²) in [5.74, 6) is 3.12. The fourth-order valence-electron chi connectivity index (χ4n) is 3.03. The lowest BCUT2D eigenvalue weighted by atomic mass is 9.75. The van der Waals surface area contributed by atoms with Gasteiger partial charge in [0.2, 0.25) is 0 Å². The van der Waals surface area contributed by atoms with Crippen LogP contribution in [0.1, 0.15) is 63.4 Å². The molecule has 2 heteroatoms. The zero-order valence-electron chi connectivity index (χ0n) is 15.3. The summed E-state index contributed by atoms with van der Waals surface area (Å²) in [5, 5.41) is 0. The van der Waals surface area contributed by atoms with Crippen molar-refractivity contribution >= 4 is 5.78 Å². The highest BCUT2D eigenvalue weighted by molar-refractivity contribution is 5.98. The Morgan fingerprint density at radius 2 is 1.68 bits per heavy atom. The van der Waals surface area contributed by atoms with Gasteiger partial charge in [-0.25, -0.2) is 0 Å². The van der Waals surface area contributed by atoms with Crippen LogP contribution in [0, 0.1) is 30.6 Å². The van der Waals surface area contributed by atoms with E-state index in [2.05, 4.69) is 34.6 Å². The summed E-state index contributed by atoms with van der Waals surface area (Å²) in [7, 11) is 1.63. The molecule has 4 unspecified atom stereocenters. The first-order valence-corrected chi connectivity index (χ1v) is 8.49. The summed E-state index contributed by atoms with van der Waals surface area (Å²) < 4.78 is 5.37. The van der Waals surface area contributed by atoms with Crippen LogP contribution in [-0.2, 0) is 0 Å². The Hall–Kier alpha value is -1.31. The maximum absolute atomic E-state index is 12.6. The van der Waals surface area contributed by atoms with Crippen molar-refractivity contribution < 1.29 is 9.53 Å². The van der Waals surface area contributed by atoms with Crippen LogP contribution in [0.15, 0.2) is 18.2 Å². The number of carbonyl (C=O) groups excluding carboxylic acids is 1. The SMILES string of the molecule is CCC(C)C(C)C(C)C(C)CC(=O)c1ccc(C)cc1OC. The molecule has 0 amide bonds. The molecule has 0 spiro atoms. The van der Waals surface area contributed by atoms with Crippen LogP contribution in [0.4, 0.5) is 0 Å². The molecule has 0 saturated carbocycles. The third-order valence-corrected chi connectivity index (χ3v) is 5.43. The van der Waals surface area contributed by atoms with Gasteiger partial charge in [-0.15, -0.1) is 0 Å². The number of Topliss-reactive ketones (excluding diaryl/α,β-unsaturated/α-hetero) is 1. The molecule has 0 aliphatic heterocycles. The molecule has 2 nitrogen and oxygen atoms in total. The lowest BCUT2D eigenvalue weighted by Crippen LogP contribution is -2.24. The molecule has 0 radical (unpaired) electrons. The largest absolute Gasteiger partial charge is 0.496 e. The summed E-state index contributed by atoms with van der Waals surface area (Å²) in [6.07, 6.45) is 1.78. The summed E-state index contributed by atoms with van der Waals surface area (Å²) in [5.41, 5.74) is 1.82. The Morgan fingerprint density at radius 3 is 2.23 bits per heavy atom. The number of benzene rings is 1. The van der Waals surface area contributed by atoms with Crippen LogP contribution < -0.4 is 4.74 Å². The number of ketones is 1. The maximum Gasteiger partial charge on any atom is 0.166 e. The predicted octanol–water partition coefficient (Wildman–Crippen LogP) is 5.53. The van der Waals surface area contributed by atoms with Crippen molar-refractivity contribution in [2.75, 3.05) is 7.11 Å². The van der Waals surface area contributed by atoms with Gasteiger partial charge in [-0.2, -0.15) is 0 Å². The lowest BCUT2D eigenvalue weighted by Gasteiger charge is -2.30. The molecular weight excluding hydrogens is 272 g/mol. The molecule has 0 heterocycles. The van der Waals surface area contributed by atoms with Crippen LogP contribution in [-0.4, -0.2) is 12.9 Å². The van der Waals surface area contributed by atoms with E-state index in [-0.39, 0.29) is 5.78 Å². The smallest absolute Gasteiger partial charge is 0.166 e. The van der Waals surface area contributed by atoms with Crippen molar-refractivity contribution in [3.8, 4) is 5.75 Å². The molecule has 0 aromatic heterocycles. The molecule has 4 atom stereocenters. The van der Waals surface area contributed by atoms with E-state index in [0.29, 0.717) is 41.4 Å². The number of aryl methyl sites for hydroxylation is 1. The summed E-state index contributed by atoms with van der Waals surface area (Å²) in [4.78, 5) is 12.6. The second-order valence-electron chi connectivity index (χ2n) is 6.91. The van der Waals surface area contributed by atoms with Gasteiger partial charge in [0, 0.05) is 6.42 Å².